The largest absolute Gasteiger partial charge is 0.395 e. The van der Waals surface area contributed by atoms with E-state index in [1.807, 2.05) is 13.8 Å². The average Bonchev–Trinajstić information content (AvgIpc) is 2.14. The Morgan fingerprint density at radius 3 is 2.54 bits per heavy atom. The number of carbonyl (C=O) groups is 1. The third kappa shape index (κ3) is 5.93. The van der Waals surface area contributed by atoms with Crippen LogP contribution < -0.4 is 0 Å². The van der Waals surface area contributed by atoms with Crippen molar-refractivity contribution < 1.29 is 9.90 Å². The van der Waals surface area contributed by atoms with Crippen LogP contribution in [0.15, 0.2) is 0 Å². The molecule has 4 heteroatoms. The molecule has 0 heterocycles. The molecule has 0 bridgehead atoms. The van der Waals surface area contributed by atoms with Gasteiger partial charge >= 0.3 is 0 Å². The first-order valence-corrected chi connectivity index (χ1v) is 5.88. The molecule has 0 rings (SSSR count). The maximum Gasteiger partial charge on any atom is 0.232 e. The summed E-state index contributed by atoms with van der Waals surface area (Å²) in [5.74, 6) is 1.64. The molecule has 78 valence electrons. The molecule has 3 nitrogen and oxygen atoms in total. The number of carbonyl (C=O) groups excluding carboxylic acids is 1. The number of hydrogen-bond acceptors (Lipinski definition) is 3. The normalized spacial score (nSPS) is 10.1. The molecule has 0 aromatic carbocycles. The summed E-state index contributed by atoms with van der Waals surface area (Å²) >= 11 is 1.62. The Balaban J connectivity index is 3.80. The van der Waals surface area contributed by atoms with E-state index in [9.17, 15) is 4.79 Å². The van der Waals surface area contributed by atoms with E-state index >= 15 is 0 Å². The van der Waals surface area contributed by atoms with Gasteiger partial charge in [-0.05, 0) is 12.2 Å². The van der Waals surface area contributed by atoms with E-state index in [1.54, 1.807) is 16.7 Å². The number of aliphatic hydroxyl groups is 1. The van der Waals surface area contributed by atoms with Crippen LogP contribution in [0.25, 0.3) is 0 Å². The number of thioether (sulfide) groups is 1. The highest BCUT2D eigenvalue weighted by atomic mass is 32.2. The van der Waals surface area contributed by atoms with E-state index in [1.165, 1.54) is 0 Å². The molecular weight excluding hydrogens is 186 g/mol. The summed E-state index contributed by atoms with van der Waals surface area (Å²) in [6.07, 6.45) is 0.947. The lowest BCUT2D eigenvalue weighted by Crippen LogP contribution is -2.35. The van der Waals surface area contributed by atoms with Gasteiger partial charge in [0.05, 0.1) is 12.4 Å². The van der Waals surface area contributed by atoms with Crippen molar-refractivity contribution in [2.75, 3.05) is 31.2 Å². The molecule has 0 fully saturated rings. The first-order valence-electron chi connectivity index (χ1n) is 4.72. The molecular formula is C9H19NO2S. The van der Waals surface area contributed by atoms with Crippen LogP contribution in [-0.2, 0) is 4.79 Å². The second-order valence-corrected chi connectivity index (χ2v) is 4.02. The molecule has 0 spiro atoms. The molecule has 0 aromatic heterocycles. The van der Waals surface area contributed by atoms with Crippen molar-refractivity contribution in [3.63, 3.8) is 0 Å². The van der Waals surface area contributed by atoms with Crippen LogP contribution in [0.2, 0.25) is 0 Å². The summed E-state index contributed by atoms with van der Waals surface area (Å²) in [6, 6.07) is 0. The lowest BCUT2D eigenvalue weighted by Gasteiger charge is -2.20. The smallest absolute Gasteiger partial charge is 0.232 e. The van der Waals surface area contributed by atoms with Gasteiger partial charge in [0.25, 0.3) is 0 Å². The van der Waals surface area contributed by atoms with E-state index in [0.29, 0.717) is 12.3 Å². The first kappa shape index (κ1) is 12.8. The summed E-state index contributed by atoms with van der Waals surface area (Å²) in [4.78, 5) is 13.2. The molecule has 0 radical (unpaired) electrons. The van der Waals surface area contributed by atoms with Gasteiger partial charge in [0, 0.05) is 13.1 Å². The van der Waals surface area contributed by atoms with E-state index in [4.69, 9.17) is 5.11 Å². The van der Waals surface area contributed by atoms with Crippen molar-refractivity contribution in [3.05, 3.63) is 0 Å². The monoisotopic (exact) mass is 205 g/mol. The minimum atomic E-state index is 0.0581. The molecule has 13 heavy (non-hydrogen) atoms. The Hall–Kier alpha value is -0.220. The predicted octanol–water partition coefficient (Wildman–Crippen LogP) is 0.970. The van der Waals surface area contributed by atoms with E-state index in [0.717, 1.165) is 18.7 Å². The third-order valence-corrected chi connectivity index (χ3v) is 2.51. The SMILES string of the molecule is CCCN(CCO)C(=O)CSCC. The van der Waals surface area contributed by atoms with Crippen LogP contribution in [0.1, 0.15) is 20.3 Å². The number of aliphatic hydroxyl groups excluding tert-OH is 1. The maximum absolute atomic E-state index is 11.5. The molecule has 1 N–H and O–H groups in total. The highest BCUT2D eigenvalue weighted by Crippen LogP contribution is 2.02. The number of rotatable bonds is 7. The quantitative estimate of drug-likeness (QED) is 0.673. The Morgan fingerprint density at radius 2 is 2.08 bits per heavy atom. The van der Waals surface area contributed by atoms with Crippen LogP contribution in [0.4, 0.5) is 0 Å². The van der Waals surface area contributed by atoms with Crippen LogP contribution in [0, 0.1) is 0 Å². The van der Waals surface area contributed by atoms with Crippen molar-refractivity contribution in [3.8, 4) is 0 Å². The zero-order valence-corrected chi connectivity index (χ0v) is 9.27. The lowest BCUT2D eigenvalue weighted by molar-refractivity contribution is -0.128. The summed E-state index contributed by atoms with van der Waals surface area (Å²) in [5.41, 5.74) is 0. The second-order valence-electron chi connectivity index (χ2n) is 2.74. The van der Waals surface area contributed by atoms with E-state index in [2.05, 4.69) is 0 Å². The fraction of sp³-hybridized carbons (Fsp3) is 0.889. The van der Waals surface area contributed by atoms with Gasteiger partial charge in [-0.2, -0.15) is 11.8 Å². The van der Waals surface area contributed by atoms with Crippen molar-refractivity contribution in [2.45, 2.75) is 20.3 Å². The highest BCUT2D eigenvalue weighted by Gasteiger charge is 2.10. The van der Waals surface area contributed by atoms with Gasteiger partial charge in [0.15, 0.2) is 0 Å². The van der Waals surface area contributed by atoms with Crippen molar-refractivity contribution >= 4 is 17.7 Å². The Morgan fingerprint density at radius 1 is 1.38 bits per heavy atom. The zero-order valence-electron chi connectivity index (χ0n) is 8.45. The summed E-state index contributed by atoms with van der Waals surface area (Å²) < 4.78 is 0. The minimum absolute atomic E-state index is 0.0581. The van der Waals surface area contributed by atoms with Gasteiger partial charge in [0.2, 0.25) is 5.91 Å². The van der Waals surface area contributed by atoms with Crippen LogP contribution in [0.3, 0.4) is 0 Å². The fourth-order valence-corrected chi connectivity index (χ4v) is 1.59. The topological polar surface area (TPSA) is 40.5 Å². The van der Waals surface area contributed by atoms with Crippen LogP contribution >= 0.6 is 11.8 Å². The van der Waals surface area contributed by atoms with Gasteiger partial charge in [-0.3, -0.25) is 4.79 Å². The molecule has 0 saturated heterocycles. The molecule has 0 aliphatic heterocycles. The lowest BCUT2D eigenvalue weighted by atomic mass is 10.4. The Labute approximate surface area is 84.5 Å². The molecule has 0 atom stereocenters. The Bertz CT molecular complexity index is 136. The zero-order chi connectivity index (χ0) is 10.1. The van der Waals surface area contributed by atoms with Gasteiger partial charge in [0.1, 0.15) is 0 Å². The second kappa shape index (κ2) is 8.38. The van der Waals surface area contributed by atoms with Gasteiger partial charge in [-0.15, -0.1) is 0 Å². The third-order valence-electron chi connectivity index (χ3n) is 1.65. The molecule has 0 aromatic rings. The van der Waals surface area contributed by atoms with Crippen molar-refractivity contribution in [1.82, 2.24) is 4.90 Å². The minimum Gasteiger partial charge on any atom is -0.395 e. The maximum atomic E-state index is 11.5. The molecule has 1 amide bonds. The predicted molar refractivity (Wildman–Crippen MR) is 57.0 cm³/mol. The van der Waals surface area contributed by atoms with E-state index < -0.39 is 0 Å². The summed E-state index contributed by atoms with van der Waals surface area (Å²) in [5, 5.41) is 8.74. The standard InChI is InChI=1S/C9H19NO2S/c1-3-5-10(6-7-11)9(12)8-13-4-2/h11H,3-8H2,1-2H3. The van der Waals surface area contributed by atoms with Gasteiger partial charge in [-0.1, -0.05) is 13.8 Å². The van der Waals surface area contributed by atoms with Gasteiger partial charge < -0.3 is 10.0 Å². The summed E-state index contributed by atoms with van der Waals surface area (Å²) in [6.45, 7) is 5.35. The van der Waals surface area contributed by atoms with E-state index in [-0.39, 0.29) is 12.5 Å². The van der Waals surface area contributed by atoms with Gasteiger partial charge in [-0.25, -0.2) is 0 Å². The fourth-order valence-electron chi connectivity index (χ4n) is 1.03. The summed E-state index contributed by atoms with van der Waals surface area (Å²) in [7, 11) is 0. The van der Waals surface area contributed by atoms with Crippen LogP contribution in [-0.4, -0.2) is 47.1 Å². The molecule has 0 aliphatic rings. The number of nitrogens with zero attached hydrogens (tertiary/aromatic N) is 1. The molecule has 0 aliphatic carbocycles. The Kier molecular flexibility index (Phi) is 8.24. The van der Waals surface area contributed by atoms with Crippen LogP contribution in [0.5, 0.6) is 0 Å². The average molecular weight is 205 g/mol. The number of amides is 1. The first-order chi connectivity index (χ1) is 6.26. The van der Waals surface area contributed by atoms with Crippen molar-refractivity contribution in [2.24, 2.45) is 0 Å². The number of hydrogen-bond donors (Lipinski definition) is 1. The highest BCUT2D eigenvalue weighted by molar-refractivity contribution is 7.99. The molecule has 0 saturated carbocycles. The molecule has 0 unspecified atom stereocenters. The van der Waals surface area contributed by atoms with Crippen molar-refractivity contribution in [1.29, 1.82) is 0 Å².